The van der Waals surface area contributed by atoms with Gasteiger partial charge >= 0.3 is 0 Å². The maximum atomic E-state index is 9.59. The normalized spacial score (nSPS) is 16.1. The van der Waals surface area contributed by atoms with Crippen molar-refractivity contribution < 1.29 is 4.74 Å². The second kappa shape index (κ2) is 10.2. The van der Waals surface area contributed by atoms with E-state index in [4.69, 9.17) is 20.8 Å². The molecule has 1 saturated heterocycles. The minimum atomic E-state index is -0.437. The van der Waals surface area contributed by atoms with Gasteiger partial charge in [-0.2, -0.15) is 25.8 Å². The lowest BCUT2D eigenvalue weighted by atomic mass is 10.0. The fourth-order valence-electron chi connectivity index (χ4n) is 4.11. The summed E-state index contributed by atoms with van der Waals surface area (Å²) in [5, 5.41) is 30.9. The summed E-state index contributed by atoms with van der Waals surface area (Å²) >= 11 is 0. The van der Waals surface area contributed by atoms with E-state index in [0.717, 1.165) is 18.4 Å². The molecule has 1 atom stereocenters. The summed E-state index contributed by atoms with van der Waals surface area (Å²) in [6.45, 7) is 7.03. The third kappa shape index (κ3) is 5.04. The third-order valence-electron chi connectivity index (χ3n) is 5.94. The molecular weight excluding hydrogens is 444 g/mol. The van der Waals surface area contributed by atoms with Gasteiger partial charge in [0, 0.05) is 24.7 Å². The minimum absolute atomic E-state index is 0.0901. The molecule has 0 bridgehead atoms. The first-order valence-corrected chi connectivity index (χ1v) is 11.3. The Morgan fingerprint density at radius 3 is 2.66 bits per heavy atom. The van der Waals surface area contributed by atoms with Crippen LogP contribution in [0.3, 0.4) is 0 Å². The van der Waals surface area contributed by atoms with Gasteiger partial charge in [-0.05, 0) is 51.3 Å². The molecule has 1 aliphatic heterocycles. The van der Waals surface area contributed by atoms with Crippen LogP contribution in [0.5, 0.6) is 5.88 Å². The Morgan fingerprint density at radius 1 is 1.23 bits per heavy atom. The molecule has 0 aromatic carbocycles. The largest absolute Gasteiger partial charge is 0.469 e. The lowest BCUT2D eigenvalue weighted by Crippen LogP contribution is -2.32. The van der Waals surface area contributed by atoms with Gasteiger partial charge in [0.1, 0.15) is 34.9 Å². The molecule has 178 valence electrons. The molecule has 35 heavy (non-hydrogen) atoms. The Hall–Kier alpha value is -4.51. The number of hydrogen-bond acceptors (Lipinski definition) is 10. The first kappa shape index (κ1) is 23.6. The molecule has 2 N–H and O–H groups in total. The van der Waals surface area contributed by atoms with E-state index in [1.807, 2.05) is 26.8 Å². The maximum absolute atomic E-state index is 9.59. The molecular formula is C24H26N10O. The summed E-state index contributed by atoms with van der Waals surface area (Å²) in [4.78, 5) is 10.9. The first-order chi connectivity index (χ1) is 16.9. The van der Waals surface area contributed by atoms with Crippen molar-refractivity contribution in [1.82, 2.24) is 24.5 Å². The quantitative estimate of drug-likeness (QED) is 0.249. The predicted molar refractivity (Wildman–Crippen MR) is 130 cm³/mol. The number of nitrogens with zero attached hydrogens (tertiary/aromatic N) is 9. The molecule has 1 aliphatic rings. The monoisotopic (exact) mass is 470 g/mol. The van der Waals surface area contributed by atoms with Gasteiger partial charge in [-0.25, -0.2) is 4.98 Å². The van der Waals surface area contributed by atoms with E-state index in [2.05, 4.69) is 32.5 Å². The Morgan fingerprint density at radius 2 is 2.00 bits per heavy atom. The number of hydrogen-bond donors (Lipinski definition) is 1. The predicted octanol–water partition coefficient (Wildman–Crippen LogP) is 2.51. The highest BCUT2D eigenvalue weighted by Crippen LogP contribution is 2.26. The molecule has 0 spiro atoms. The topological polar surface area (TPSA) is 154 Å². The van der Waals surface area contributed by atoms with E-state index in [1.54, 1.807) is 27.6 Å². The molecule has 3 aromatic rings. The van der Waals surface area contributed by atoms with Gasteiger partial charge in [-0.1, -0.05) is 0 Å². The molecule has 0 aliphatic carbocycles. The number of rotatable bonds is 6. The van der Waals surface area contributed by atoms with Gasteiger partial charge in [0.05, 0.1) is 24.1 Å². The summed E-state index contributed by atoms with van der Waals surface area (Å²) in [6.07, 6.45) is 6.49. The fourth-order valence-corrected chi connectivity index (χ4v) is 4.11. The first-order valence-electron chi connectivity index (χ1n) is 11.3. The highest BCUT2D eigenvalue weighted by Gasteiger charge is 2.21. The van der Waals surface area contributed by atoms with Gasteiger partial charge in [-0.15, -0.1) is 0 Å². The summed E-state index contributed by atoms with van der Waals surface area (Å²) in [5.41, 5.74) is 4.35. The van der Waals surface area contributed by atoms with Crippen molar-refractivity contribution >= 4 is 17.1 Å². The van der Waals surface area contributed by atoms with Crippen LogP contribution in [0.1, 0.15) is 55.3 Å². The van der Waals surface area contributed by atoms with E-state index in [-0.39, 0.29) is 6.04 Å². The number of fused-ring (bicyclic) bond motifs is 1. The molecule has 11 nitrogen and oxygen atoms in total. The van der Waals surface area contributed by atoms with Crippen molar-refractivity contribution in [2.24, 2.45) is 15.9 Å². The van der Waals surface area contributed by atoms with Crippen molar-refractivity contribution in [2.45, 2.75) is 45.8 Å². The zero-order valence-electron chi connectivity index (χ0n) is 19.9. The Bertz CT molecular complexity index is 1370. The molecule has 1 fully saturated rings. The third-order valence-corrected chi connectivity index (χ3v) is 5.94. The number of imidazole rings is 1. The van der Waals surface area contributed by atoms with Crippen molar-refractivity contribution in [3.8, 4) is 18.1 Å². The van der Waals surface area contributed by atoms with Crippen molar-refractivity contribution in [1.29, 1.82) is 10.5 Å². The van der Waals surface area contributed by atoms with Crippen LogP contribution in [0.15, 0.2) is 40.7 Å². The highest BCUT2D eigenvalue weighted by molar-refractivity contribution is 6.47. The number of piperidine rings is 1. The number of nitrogens with two attached hydrogens (primary N) is 1. The standard InChI is InChI=1S/C24H26N10O/c1-15-8-21(32-29-12-15)17(3)35-23-10-18(9-22-28-13-20(11-25)34(22)23)24(31-27)16(2)30-19-4-6-33(14-26)7-5-19/h8-10,12-13,17,19H,4-7,27H2,1-3H3/b30-16?,31-24+. The average molecular weight is 471 g/mol. The fraction of sp³-hybridized carbons (Fsp3) is 0.375. The maximum Gasteiger partial charge on any atom is 0.201 e. The Labute approximate surface area is 203 Å². The van der Waals surface area contributed by atoms with Gasteiger partial charge in [-0.3, -0.25) is 9.39 Å². The number of hydrazone groups is 1. The van der Waals surface area contributed by atoms with Gasteiger partial charge < -0.3 is 15.5 Å². The number of ether oxygens (including phenoxy) is 1. The van der Waals surface area contributed by atoms with E-state index >= 15 is 0 Å². The highest BCUT2D eigenvalue weighted by atomic mass is 16.5. The van der Waals surface area contributed by atoms with E-state index in [1.165, 1.54) is 6.20 Å². The lowest BCUT2D eigenvalue weighted by Gasteiger charge is -2.26. The summed E-state index contributed by atoms with van der Waals surface area (Å²) in [7, 11) is 0. The van der Waals surface area contributed by atoms with Crippen molar-refractivity contribution in [3.05, 3.63) is 53.1 Å². The van der Waals surface area contributed by atoms with Crippen LogP contribution in [0.4, 0.5) is 0 Å². The second-order valence-electron chi connectivity index (χ2n) is 8.46. The number of aromatic nitrogens is 4. The van der Waals surface area contributed by atoms with Crippen LogP contribution in [-0.4, -0.2) is 55.0 Å². The molecule has 11 heteroatoms. The van der Waals surface area contributed by atoms with Crippen LogP contribution in [-0.2, 0) is 0 Å². The van der Waals surface area contributed by atoms with Crippen LogP contribution in [0.25, 0.3) is 5.65 Å². The number of aliphatic imine (C=N–C) groups is 1. The molecule has 4 rings (SSSR count). The number of pyridine rings is 1. The second-order valence-corrected chi connectivity index (χ2v) is 8.46. The van der Waals surface area contributed by atoms with Crippen molar-refractivity contribution in [2.75, 3.05) is 13.1 Å². The Balaban J connectivity index is 1.69. The summed E-state index contributed by atoms with van der Waals surface area (Å²) < 4.78 is 7.90. The molecule has 4 heterocycles. The van der Waals surface area contributed by atoms with Crippen LogP contribution >= 0.6 is 0 Å². The van der Waals surface area contributed by atoms with Crippen LogP contribution < -0.4 is 10.6 Å². The minimum Gasteiger partial charge on any atom is -0.469 e. The smallest absolute Gasteiger partial charge is 0.201 e. The zero-order valence-corrected chi connectivity index (χ0v) is 19.9. The number of nitriles is 2. The van der Waals surface area contributed by atoms with Gasteiger partial charge in [0.25, 0.3) is 0 Å². The Kier molecular flexibility index (Phi) is 6.88. The molecule has 0 radical (unpaired) electrons. The van der Waals surface area contributed by atoms with E-state index < -0.39 is 6.10 Å². The molecule has 0 amide bonds. The van der Waals surface area contributed by atoms with Gasteiger partial charge in [0.2, 0.25) is 5.88 Å². The van der Waals surface area contributed by atoms with Gasteiger partial charge in [0.15, 0.2) is 6.19 Å². The molecule has 0 saturated carbocycles. The van der Waals surface area contributed by atoms with E-state index in [9.17, 15) is 5.26 Å². The van der Waals surface area contributed by atoms with E-state index in [0.29, 0.717) is 53.0 Å². The van der Waals surface area contributed by atoms with Crippen LogP contribution in [0.2, 0.25) is 0 Å². The number of aryl methyl sites for hydroxylation is 1. The summed E-state index contributed by atoms with van der Waals surface area (Å²) in [6, 6.07) is 7.71. The van der Waals surface area contributed by atoms with Crippen LogP contribution in [0, 0.1) is 29.7 Å². The SMILES string of the molecule is CC(=NC1CCN(C#N)CC1)/C(=N\N)c1cc(OC(C)c2cc(C)cnn2)n2c(C#N)cnc2c1. The average Bonchev–Trinajstić information content (AvgIpc) is 3.28. The summed E-state index contributed by atoms with van der Waals surface area (Å²) in [5.74, 6) is 6.21. The number of likely N-dealkylation sites (tertiary alicyclic amines) is 1. The zero-order chi connectivity index (χ0) is 24.9. The molecule has 3 aromatic heterocycles. The molecule has 1 unspecified atom stereocenters. The van der Waals surface area contributed by atoms with Crippen molar-refractivity contribution in [3.63, 3.8) is 0 Å². The lowest BCUT2D eigenvalue weighted by molar-refractivity contribution is 0.208.